The first-order valence-electron chi connectivity index (χ1n) is 8.78. The third kappa shape index (κ3) is 5.17. The molecule has 2 rings (SSSR count). The summed E-state index contributed by atoms with van der Waals surface area (Å²) in [6.45, 7) is 5.68. The maximum atomic E-state index is 12.8. The number of ether oxygens (including phenoxy) is 1. The molecule has 0 radical (unpaired) electrons. The summed E-state index contributed by atoms with van der Waals surface area (Å²) >= 11 is 6.04. The van der Waals surface area contributed by atoms with E-state index in [1.54, 1.807) is 24.3 Å². The number of benzene rings is 2. The molecule has 6 nitrogen and oxygen atoms in total. The number of nitrogens with one attached hydrogen (secondary N) is 1. The predicted octanol–water partition coefficient (Wildman–Crippen LogP) is 4.27. The summed E-state index contributed by atoms with van der Waals surface area (Å²) in [4.78, 5) is 12.8. The minimum atomic E-state index is -3.79. The molecule has 0 unspecified atom stereocenters. The lowest BCUT2D eigenvalue weighted by atomic mass is 10.0. The SMILES string of the molecule is COc1ccc(Cl)cc1N([C@@H](C)C(=O)Nc1ccc(C(C)C)cc1)S(C)(=O)=O. The first kappa shape index (κ1) is 22.0. The number of methoxy groups -OCH3 is 1. The van der Waals surface area contributed by atoms with E-state index in [0.29, 0.717) is 22.4 Å². The zero-order valence-electron chi connectivity index (χ0n) is 16.6. The molecule has 0 bridgehead atoms. The molecule has 8 heteroatoms. The van der Waals surface area contributed by atoms with Gasteiger partial charge in [0.2, 0.25) is 15.9 Å². The van der Waals surface area contributed by atoms with Gasteiger partial charge in [-0.25, -0.2) is 8.42 Å². The van der Waals surface area contributed by atoms with Crippen molar-refractivity contribution in [2.75, 3.05) is 23.0 Å². The highest BCUT2D eigenvalue weighted by Gasteiger charge is 2.31. The topological polar surface area (TPSA) is 75.7 Å². The molecule has 0 aliphatic carbocycles. The highest BCUT2D eigenvalue weighted by molar-refractivity contribution is 7.92. The molecule has 0 heterocycles. The van der Waals surface area contributed by atoms with Gasteiger partial charge in [-0.1, -0.05) is 37.6 Å². The number of amides is 1. The van der Waals surface area contributed by atoms with Gasteiger partial charge in [-0.15, -0.1) is 0 Å². The van der Waals surface area contributed by atoms with E-state index < -0.39 is 22.0 Å². The number of anilines is 2. The quantitative estimate of drug-likeness (QED) is 0.720. The summed E-state index contributed by atoms with van der Waals surface area (Å²) in [5.41, 5.74) is 1.94. The Morgan fingerprint density at radius 1 is 1.11 bits per heavy atom. The Morgan fingerprint density at radius 2 is 1.71 bits per heavy atom. The van der Waals surface area contributed by atoms with E-state index in [4.69, 9.17) is 16.3 Å². The smallest absolute Gasteiger partial charge is 0.247 e. The van der Waals surface area contributed by atoms with Crippen molar-refractivity contribution in [2.24, 2.45) is 0 Å². The van der Waals surface area contributed by atoms with E-state index in [2.05, 4.69) is 19.2 Å². The summed E-state index contributed by atoms with van der Waals surface area (Å²) in [6.07, 6.45) is 1.04. The predicted molar refractivity (Wildman–Crippen MR) is 114 cm³/mol. The summed E-state index contributed by atoms with van der Waals surface area (Å²) in [6, 6.07) is 11.0. The summed E-state index contributed by atoms with van der Waals surface area (Å²) in [5.74, 6) is 0.209. The second kappa shape index (κ2) is 8.84. The third-order valence-corrected chi connectivity index (χ3v) is 5.77. The maximum Gasteiger partial charge on any atom is 0.247 e. The fraction of sp³-hybridized carbons (Fsp3) is 0.350. The van der Waals surface area contributed by atoms with E-state index in [-0.39, 0.29) is 5.69 Å². The highest BCUT2D eigenvalue weighted by Crippen LogP contribution is 2.34. The monoisotopic (exact) mass is 424 g/mol. The number of halogens is 1. The van der Waals surface area contributed by atoms with Crippen LogP contribution in [0.5, 0.6) is 5.75 Å². The van der Waals surface area contributed by atoms with Crippen LogP contribution in [0.2, 0.25) is 5.02 Å². The van der Waals surface area contributed by atoms with Gasteiger partial charge in [0.25, 0.3) is 0 Å². The van der Waals surface area contributed by atoms with Crippen molar-refractivity contribution in [2.45, 2.75) is 32.7 Å². The Morgan fingerprint density at radius 3 is 2.21 bits per heavy atom. The number of sulfonamides is 1. The molecule has 0 aliphatic rings. The van der Waals surface area contributed by atoms with Crippen LogP contribution in [0.1, 0.15) is 32.3 Å². The van der Waals surface area contributed by atoms with Crippen molar-refractivity contribution in [3.05, 3.63) is 53.1 Å². The van der Waals surface area contributed by atoms with Crippen LogP contribution in [-0.4, -0.2) is 33.7 Å². The Balaban J connectivity index is 2.34. The van der Waals surface area contributed by atoms with Crippen LogP contribution in [0.25, 0.3) is 0 Å². The van der Waals surface area contributed by atoms with E-state index in [9.17, 15) is 13.2 Å². The zero-order chi connectivity index (χ0) is 21.1. The van der Waals surface area contributed by atoms with E-state index in [0.717, 1.165) is 16.1 Å². The first-order chi connectivity index (χ1) is 13.0. The van der Waals surface area contributed by atoms with Crippen molar-refractivity contribution in [3.63, 3.8) is 0 Å². The summed E-state index contributed by atoms with van der Waals surface area (Å²) in [5, 5.41) is 3.10. The standard InChI is InChI=1S/C20H25ClN2O4S/c1-13(2)15-6-9-17(10-7-15)22-20(24)14(3)23(28(5,25)26)18-12-16(21)8-11-19(18)27-4/h6-14H,1-5H3,(H,22,24)/t14-/m0/s1. The molecule has 0 fully saturated rings. The summed E-state index contributed by atoms with van der Waals surface area (Å²) in [7, 11) is -2.36. The van der Waals surface area contributed by atoms with Crippen LogP contribution in [0, 0.1) is 0 Å². The van der Waals surface area contributed by atoms with Gasteiger partial charge in [-0.05, 0) is 48.7 Å². The van der Waals surface area contributed by atoms with Gasteiger partial charge in [0.05, 0.1) is 19.1 Å². The van der Waals surface area contributed by atoms with Crippen LogP contribution in [0.15, 0.2) is 42.5 Å². The molecule has 0 aromatic heterocycles. The first-order valence-corrected chi connectivity index (χ1v) is 11.0. The number of hydrogen-bond acceptors (Lipinski definition) is 4. The summed E-state index contributed by atoms with van der Waals surface area (Å²) < 4.78 is 31.2. The van der Waals surface area contributed by atoms with E-state index in [1.807, 2.05) is 12.1 Å². The van der Waals surface area contributed by atoms with Crippen molar-refractivity contribution < 1.29 is 17.9 Å². The third-order valence-electron chi connectivity index (χ3n) is 4.31. The molecule has 28 heavy (non-hydrogen) atoms. The van der Waals surface area contributed by atoms with Crippen LogP contribution in [0.3, 0.4) is 0 Å². The molecule has 0 saturated carbocycles. The van der Waals surface area contributed by atoms with Crippen molar-refractivity contribution in [3.8, 4) is 5.75 Å². The molecule has 2 aromatic carbocycles. The van der Waals surface area contributed by atoms with Crippen molar-refractivity contribution in [1.82, 2.24) is 0 Å². The molecule has 1 N–H and O–H groups in total. The molecular weight excluding hydrogens is 400 g/mol. The molecule has 0 aliphatic heterocycles. The van der Waals surface area contributed by atoms with E-state index in [1.165, 1.54) is 20.1 Å². The molecule has 152 valence electrons. The highest BCUT2D eigenvalue weighted by atomic mass is 35.5. The Bertz CT molecular complexity index is 943. The van der Waals surface area contributed by atoms with Gasteiger partial charge in [0.15, 0.2) is 0 Å². The maximum absolute atomic E-state index is 12.8. The Hall–Kier alpha value is -2.25. The fourth-order valence-corrected chi connectivity index (χ4v) is 4.15. The van der Waals surface area contributed by atoms with Crippen LogP contribution >= 0.6 is 11.6 Å². The van der Waals surface area contributed by atoms with E-state index >= 15 is 0 Å². The van der Waals surface area contributed by atoms with Gasteiger partial charge < -0.3 is 10.1 Å². The lowest BCUT2D eigenvalue weighted by molar-refractivity contribution is -0.116. The Labute approximate surface area is 171 Å². The molecular formula is C20H25ClN2O4S. The molecule has 1 atom stereocenters. The number of carbonyl (C=O) groups excluding carboxylic acids is 1. The minimum Gasteiger partial charge on any atom is -0.495 e. The minimum absolute atomic E-state index is 0.204. The average molecular weight is 425 g/mol. The van der Waals surface area contributed by atoms with Gasteiger partial charge in [0.1, 0.15) is 11.8 Å². The zero-order valence-corrected chi connectivity index (χ0v) is 18.1. The van der Waals surface area contributed by atoms with Crippen LogP contribution in [-0.2, 0) is 14.8 Å². The lowest BCUT2D eigenvalue weighted by Crippen LogP contribution is -2.45. The van der Waals surface area contributed by atoms with Crippen LogP contribution in [0.4, 0.5) is 11.4 Å². The van der Waals surface area contributed by atoms with Crippen molar-refractivity contribution >= 4 is 38.9 Å². The molecule has 1 amide bonds. The van der Waals surface area contributed by atoms with Gasteiger partial charge >= 0.3 is 0 Å². The molecule has 0 saturated heterocycles. The van der Waals surface area contributed by atoms with Gasteiger partial charge in [-0.2, -0.15) is 0 Å². The average Bonchev–Trinajstić information content (AvgIpc) is 2.61. The normalized spacial score (nSPS) is 12.5. The largest absolute Gasteiger partial charge is 0.495 e. The van der Waals surface area contributed by atoms with Gasteiger partial charge in [0, 0.05) is 10.7 Å². The number of carbonyl (C=O) groups is 1. The second-order valence-electron chi connectivity index (χ2n) is 6.82. The number of nitrogens with zero attached hydrogens (tertiary/aromatic N) is 1. The molecule has 2 aromatic rings. The van der Waals surface area contributed by atoms with Crippen molar-refractivity contribution in [1.29, 1.82) is 0 Å². The number of hydrogen-bond donors (Lipinski definition) is 1. The van der Waals surface area contributed by atoms with Crippen LogP contribution < -0.4 is 14.4 Å². The van der Waals surface area contributed by atoms with Gasteiger partial charge in [-0.3, -0.25) is 9.10 Å². The molecule has 0 spiro atoms. The fourth-order valence-electron chi connectivity index (χ4n) is 2.81. The lowest BCUT2D eigenvalue weighted by Gasteiger charge is -2.29. The number of rotatable bonds is 7. The Kier molecular flexibility index (Phi) is 6.96. The second-order valence-corrected chi connectivity index (χ2v) is 9.11.